The van der Waals surface area contributed by atoms with Crippen LogP contribution in [0.3, 0.4) is 0 Å². The fraction of sp³-hybridized carbons (Fsp3) is 0.333. The minimum atomic E-state index is -0.574. The molecule has 1 aromatic carbocycles. The van der Waals surface area contributed by atoms with E-state index < -0.39 is 4.92 Å². The van der Waals surface area contributed by atoms with Gasteiger partial charge in [-0.1, -0.05) is 0 Å². The van der Waals surface area contributed by atoms with E-state index in [0.717, 1.165) is 18.7 Å². The van der Waals surface area contributed by atoms with Gasteiger partial charge in [-0.3, -0.25) is 10.1 Å². The highest BCUT2D eigenvalue weighted by atomic mass is 79.9. The summed E-state index contributed by atoms with van der Waals surface area (Å²) in [4.78, 5) is 10.1. The first-order chi connectivity index (χ1) is 7.09. The third-order valence-corrected chi connectivity index (χ3v) is 3.12. The molecule has 1 fully saturated rings. The van der Waals surface area contributed by atoms with Gasteiger partial charge in [0.25, 0.3) is 0 Å². The second-order valence-corrected chi connectivity index (χ2v) is 4.34. The molecule has 0 saturated carbocycles. The van der Waals surface area contributed by atoms with Gasteiger partial charge in [-0.25, -0.2) is 0 Å². The molecule has 2 N–H and O–H groups in total. The summed E-state index contributed by atoms with van der Waals surface area (Å²) < 4.78 is 0.374. The quantitative estimate of drug-likeness (QED) is 0.635. The number of hydrogen-bond acceptors (Lipinski definition) is 4. The van der Waals surface area contributed by atoms with Crippen molar-refractivity contribution in [2.24, 2.45) is 0 Å². The molecular weight excluding hydrogens is 264 g/mol. The summed E-state index contributed by atoms with van der Waals surface area (Å²) in [5.41, 5.74) is 0.636. The van der Waals surface area contributed by atoms with E-state index in [0.29, 0.717) is 10.4 Å². The highest BCUT2D eigenvalue weighted by molar-refractivity contribution is 9.10. The van der Waals surface area contributed by atoms with E-state index >= 15 is 0 Å². The zero-order valence-corrected chi connectivity index (χ0v) is 9.32. The van der Waals surface area contributed by atoms with Gasteiger partial charge in [0.05, 0.1) is 9.40 Å². The number of hydrogen-bond donors (Lipinski definition) is 2. The van der Waals surface area contributed by atoms with E-state index in [1.54, 1.807) is 6.07 Å². The van der Waals surface area contributed by atoms with Crippen LogP contribution >= 0.6 is 15.9 Å². The maximum atomic E-state index is 10.7. The van der Waals surface area contributed by atoms with Crippen LogP contribution in [-0.2, 0) is 0 Å². The first kappa shape index (κ1) is 10.4. The molecule has 0 aliphatic carbocycles. The molecule has 0 aromatic heterocycles. The Hall–Kier alpha value is -1.14. The molecule has 80 valence electrons. The lowest BCUT2D eigenvalue weighted by Gasteiger charge is -2.27. The molecule has 1 aliphatic rings. The van der Waals surface area contributed by atoms with Gasteiger partial charge in [0.15, 0.2) is 0 Å². The molecule has 0 bridgehead atoms. The largest absolute Gasteiger partial charge is 0.501 e. The number of nitrogens with one attached hydrogen (secondary N) is 1. The van der Waals surface area contributed by atoms with Gasteiger partial charge >= 0.3 is 5.69 Å². The zero-order valence-electron chi connectivity index (χ0n) is 7.74. The fourth-order valence-electron chi connectivity index (χ4n) is 1.50. The number of nitro groups is 1. The molecule has 1 saturated heterocycles. The number of phenolic OH excluding ortho intramolecular Hbond substituents is 1. The molecular formula is C9H9BrN2O3. The summed E-state index contributed by atoms with van der Waals surface area (Å²) in [6, 6.07) is 3.17. The summed E-state index contributed by atoms with van der Waals surface area (Å²) in [7, 11) is 0. The normalized spacial score (nSPS) is 16.1. The molecule has 0 radical (unpaired) electrons. The van der Waals surface area contributed by atoms with Crippen molar-refractivity contribution in [3.8, 4) is 5.75 Å². The molecule has 0 spiro atoms. The van der Waals surface area contributed by atoms with E-state index in [4.69, 9.17) is 0 Å². The van der Waals surface area contributed by atoms with Crippen molar-refractivity contribution >= 4 is 21.6 Å². The summed E-state index contributed by atoms with van der Waals surface area (Å²) in [6.07, 6.45) is 0. The van der Waals surface area contributed by atoms with Gasteiger partial charge < -0.3 is 10.4 Å². The zero-order chi connectivity index (χ0) is 11.0. The lowest BCUT2D eigenvalue weighted by Crippen LogP contribution is -2.39. The second-order valence-electron chi connectivity index (χ2n) is 3.48. The number of halogens is 1. The summed E-state index contributed by atoms with van der Waals surface area (Å²) in [6.45, 7) is 1.66. The van der Waals surface area contributed by atoms with Crippen LogP contribution in [0.5, 0.6) is 5.75 Å². The van der Waals surface area contributed by atoms with Gasteiger partial charge in [-0.05, 0) is 27.6 Å². The number of benzene rings is 1. The number of nitrogens with zero attached hydrogens (tertiary/aromatic N) is 1. The van der Waals surface area contributed by atoms with Crippen molar-refractivity contribution in [2.45, 2.75) is 5.92 Å². The first-order valence-electron chi connectivity index (χ1n) is 4.47. The number of phenols is 1. The van der Waals surface area contributed by atoms with Crippen molar-refractivity contribution in [1.29, 1.82) is 0 Å². The van der Waals surface area contributed by atoms with Gasteiger partial charge in [0.2, 0.25) is 5.75 Å². The SMILES string of the molecule is O=[N+]([O-])c1cc(C2CNC2)cc(Br)c1O. The Kier molecular flexibility index (Phi) is 2.62. The van der Waals surface area contributed by atoms with E-state index in [1.807, 2.05) is 0 Å². The topological polar surface area (TPSA) is 75.4 Å². The summed E-state index contributed by atoms with van der Waals surface area (Å²) in [5.74, 6) is -0.00312. The lowest BCUT2D eigenvalue weighted by molar-refractivity contribution is -0.386. The fourth-order valence-corrected chi connectivity index (χ4v) is 1.97. The maximum Gasteiger partial charge on any atom is 0.312 e. The van der Waals surface area contributed by atoms with Crippen molar-refractivity contribution in [2.75, 3.05) is 13.1 Å². The van der Waals surface area contributed by atoms with Crippen molar-refractivity contribution in [3.63, 3.8) is 0 Å². The van der Waals surface area contributed by atoms with Crippen LogP contribution in [0.2, 0.25) is 0 Å². The second kappa shape index (κ2) is 3.79. The van der Waals surface area contributed by atoms with Crippen molar-refractivity contribution in [3.05, 3.63) is 32.3 Å². The van der Waals surface area contributed by atoms with Gasteiger partial charge in [-0.2, -0.15) is 0 Å². The Morgan fingerprint density at radius 2 is 2.20 bits per heavy atom. The number of nitro benzene ring substituents is 1. The average molecular weight is 273 g/mol. The molecule has 0 unspecified atom stereocenters. The molecule has 5 nitrogen and oxygen atoms in total. The van der Waals surface area contributed by atoms with Crippen LogP contribution < -0.4 is 5.32 Å². The molecule has 15 heavy (non-hydrogen) atoms. The van der Waals surface area contributed by atoms with E-state index in [9.17, 15) is 15.2 Å². The first-order valence-corrected chi connectivity index (χ1v) is 5.26. The van der Waals surface area contributed by atoms with Crippen molar-refractivity contribution in [1.82, 2.24) is 5.32 Å². The monoisotopic (exact) mass is 272 g/mol. The third kappa shape index (κ3) is 1.82. The maximum absolute atomic E-state index is 10.7. The molecule has 0 atom stereocenters. The molecule has 0 amide bonds. The van der Waals surface area contributed by atoms with Crippen LogP contribution in [0.15, 0.2) is 16.6 Å². The highest BCUT2D eigenvalue weighted by Gasteiger charge is 2.24. The van der Waals surface area contributed by atoms with Crippen LogP contribution in [0, 0.1) is 10.1 Å². The molecule has 1 aromatic rings. The lowest BCUT2D eigenvalue weighted by atomic mass is 9.93. The molecule has 6 heteroatoms. The van der Waals surface area contributed by atoms with Crippen LogP contribution in [-0.4, -0.2) is 23.1 Å². The van der Waals surface area contributed by atoms with Crippen LogP contribution in [0.25, 0.3) is 0 Å². The molecule has 1 aliphatic heterocycles. The Bertz CT molecular complexity index is 418. The van der Waals surface area contributed by atoms with E-state index in [2.05, 4.69) is 21.2 Å². The minimum Gasteiger partial charge on any atom is -0.501 e. The molecule has 1 heterocycles. The minimum absolute atomic E-state index is 0.244. The third-order valence-electron chi connectivity index (χ3n) is 2.52. The van der Waals surface area contributed by atoms with Crippen LogP contribution in [0.4, 0.5) is 5.69 Å². The summed E-state index contributed by atoms with van der Waals surface area (Å²) in [5, 5.41) is 23.2. The standard InChI is InChI=1S/C9H9BrN2O3/c10-7-1-5(6-3-11-4-6)2-8(9(7)13)12(14)15/h1-2,6,11,13H,3-4H2. The molecule has 2 rings (SSSR count). The Balaban J connectivity index is 2.45. The predicted octanol–water partition coefficient (Wildman–Crippen LogP) is 1.75. The smallest absolute Gasteiger partial charge is 0.312 e. The van der Waals surface area contributed by atoms with Crippen molar-refractivity contribution < 1.29 is 10.0 Å². The Morgan fingerprint density at radius 3 is 2.67 bits per heavy atom. The summed E-state index contributed by atoms with van der Waals surface area (Å²) >= 11 is 3.11. The number of aromatic hydroxyl groups is 1. The number of rotatable bonds is 2. The van der Waals surface area contributed by atoms with Gasteiger partial charge in [0, 0.05) is 25.1 Å². The Labute approximate surface area is 94.4 Å². The van der Waals surface area contributed by atoms with E-state index in [1.165, 1.54) is 6.07 Å². The van der Waals surface area contributed by atoms with Gasteiger partial charge in [0.1, 0.15) is 0 Å². The van der Waals surface area contributed by atoms with Gasteiger partial charge in [-0.15, -0.1) is 0 Å². The average Bonchev–Trinajstić information content (AvgIpc) is 2.07. The van der Waals surface area contributed by atoms with E-state index in [-0.39, 0.29) is 11.4 Å². The predicted molar refractivity (Wildman–Crippen MR) is 58.1 cm³/mol. The Morgan fingerprint density at radius 1 is 1.53 bits per heavy atom. The highest BCUT2D eigenvalue weighted by Crippen LogP contribution is 2.37. The van der Waals surface area contributed by atoms with Crippen LogP contribution in [0.1, 0.15) is 11.5 Å².